The Kier molecular flexibility index (Phi) is 7.49. The van der Waals surface area contributed by atoms with Gasteiger partial charge in [0.15, 0.2) is 0 Å². The first kappa shape index (κ1) is 17.2. The first-order chi connectivity index (χ1) is 10.1. The molecule has 3 N–H and O–H groups in total. The first-order valence-corrected chi connectivity index (χ1v) is 6.99. The average molecular weight is 297 g/mol. The highest BCUT2D eigenvalue weighted by atomic mass is 16.5. The molecule has 0 fully saturated rings. The topological polar surface area (TPSA) is 97.9 Å². The fourth-order valence-corrected chi connectivity index (χ4v) is 1.84. The highest BCUT2D eigenvalue weighted by Gasteiger charge is 2.18. The van der Waals surface area contributed by atoms with E-state index in [-0.39, 0.29) is 5.56 Å². The second kappa shape index (κ2) is 9.15. The van der Waals surface area contributed by atoms with E-state index in [0.29, 0.717) is 51.0 Å². The maximum absolute atomic E-state index is 11.4. The molecule has 0 saturated heterocycles. The van der Waals surface area contributed by atoms with E-state index in [2.05, 4.69) is 4.98 Å². The fourth-order valence-electron chi connectivity index (χ4n) is 1.84. The number of nitrogens with zero attached hydrogens (tertiary/aromatic N) is 2. The van der Waals surface area contributed by atoms with Crippen molar-refractivity contribution < 1.29 is 19.4 Å². The highest BCUT2D eigenvalue weighted by molar-refractivity contribution is 5.94. The smallest absolute Gasteiger partial charge is 0.339 e. The van der Waals surface area contributed by atoms with Crippen LogP contribution in [0.15, 0.2) is 12.3 Å². The van der Waals surface area contributed by atoms with Gasteiger partial charge in [0.25, 0.3) is 0 Å². The third kappa shape index (κ3) is 5.57. The fraction of sp³-hybridized carbons (Fsp3) is 0.571. The summed E-state index contributed by atoms with van der Waals surface area (Å²) in [6.07, 6.45) is 1.45. The van der Waals surface area contributed by atoms with E-state index in [4.69, 9.17) is 15.2 Å². The molecule has 0 amide bonds. The van der Waals surface area contributed by atoms with Crippen LogP contribution < -0.4 is 10.6 Å². The maximum atomic E-state index is 11.4. The minimum Gasteiger partial charge on any atom is -0.478 e. The van der Waals surface area contributed by atoms with Crippen LogP contribution in [-0.2, 0) is 9.47 Å². The number of carboxylic acids is 1. The molecule has 1 heterocycles. The number of aromatic nitrogens is 1. The predicted molar refractivity (Wildman–Crippen MR) is 80.8 cm³/mol. The number of hydrogen-bond donors (Lipinski definition) is 2. The summed E-state index contributed by atoms with van der Waals surface area (Å²) in [6.45, 7) is 7.11. The quantitative estimate of drug-likeness (QED) is 0.627. The number of anilines is 2. The van der Waals surface area contributed by atoms with Gasteiger partial charge in [-0.25, -0.2) is 9.78 Å². The Morgan fingerprint density at radius 3 is 2.33 bits per heavy atom. The van der Waals surface area contributed by atoms with Crippen molar-refractivity contribution in [3.63, 3.8) is 0 Å². The molecule has 0 atom stereocenters. The van der Waals surface area contributed by atoms with Crippen LogP contribution in [0.1, 0.15) is 24.2 Å². The van der Waals surface area contributed by atoms with E-state index in [9.17, 15) is 9.90 Å². The van der Waals surface area contributed by atoms with Crippen LogP contribution >= 0.6 is 0 Å². The van der Waals surface area contributed by atoms with Gasteiger partial charge >= 0.3 is 5.97 Å². The van der Waals surface area contributed by atoms with Crippen molar-refractivity contribution in [2.24, 2.45) is 0 Å². The van der Waals surface area contributed by atoms with Gasteiger partial charge in [-0.15, -0.1) is 0 Å². The van der Waals surface area contributed by atoms with E-state index < -0.39 is 5.97 Å². The zero-order valence-corrected chi connectivity index (χ0v) is 12.5. The lowest BCUT2D eigenvalue weighted by Crippen LogP contribution is -2.33. The normalized spacial score (nSPS) is 10.6. The van der Waals surface area contributed by atoms with Crippen molar-refractivity contribution in [1.29, 1.82) is 0 Å². The van der Waals surface area contributed by atoms with Crippen molar-refractivity contribution in [2.75, 3.05) is 50.2 Å². The van der Waals surface area contributed by atoms with E-state index in [1.165, 1.54) is 12.3 Å². The van der Waals surface area contributed by atoms with E-state index in [0.717, 1.165) is 0 Å². The van der Waals surface area contributed by atoms with Crippen LogP contribution in [-0.4, -0.2) is 55.6 Å². The zero-order valence-electron chi connectivity index (χ0n) is 12.5. The summed E-state index contributed by atoms with van der Waals surface area (Å²) < 4.78 is 10.7. The second-order valence-corrected chi connectivity index (χ2v) is 4.33. The summed E-state index contributed by atoms with van der Waals surface area (Å²) >= 11 is 0. The number of nitrogens with two attached hydrogens (primary N) is 1. The number of hydrogen-bond acceptors (Lipinski definition) is 6. The molecule has 7 nitrogen and oxygen atoms in total. The van der Waals surface area contributed by atoms with Crippen molar-refractivity contribution in [3.05, 3.63) is 17.8 Å². The number of carbonyl (C=O) groups is 1. The molecule has 0 radical (unpaired) electrons. The highest BCUT2D eigenvalue weighted by Crippen LogP contribution is 2.20. The Bertz CT molecular complexity index is 444. The van der Waals surface area contributed by atoms with Gasteiger partial charge in [-0.3, -0.25) is 0 Å². The molecule has 7 heteroatoms. The number of pyridine rings is 1. The molecule has 1 aromatic heterocycles. The summed E-state index contributed by atoms with van der Waals surface area (Å²) in [5.74, 6) is -0.668. The molecule has 0 aromatic carbocycles. The molecule has 0 unspecified atom stereocenters. The van der Waals surface area contributed by atoms with Gasteiger partial charge < -0.3 is 25.2 Å². The van der Waals surface area contributed by atoms with Gasteiger partial charge in [-0.1, -0.05) is 0 Å². The Labute approximate surface area is 124 Å². The largest absolute Gasteiger partial charge is 0.478 e. The lowest BCUT2D eigenvalue weighted by Gasteiger charge is -2.25. The van der Waals surface area contributed by atoms with Gasteiger partial charge in [0.05, 0.1) is 25.1 Å². The molecule has 21 heavy (non-hydrogen) atoms. The zero-order chi connectivity index (χ0) is 15.7. The third-order valence-corrected chi connectivity index (χ3v) is 2.84. The lowest BCUT2D eigenvalue weighted by atomic mass is 10.2. The van der Waals surface area contributed by atoms with E-state index in [1.54, 1.807) is 0 Å². The van der Waals surface area contributed by atoms with Crippen molar-refractivity contribution in [3.8, 4) is 0 Å². The van der Waals surface area contributed by atoms with Gasteiger partial charge in [0, 0.05) is 26.3 Å². The standard InChI is InChI=1S/C14H23N3O4/c1-3-20-7-5-17(6-8-21-4-2)13-12(14(18)19)9-11(15)10-16-13/h9-10H,3-8,15H2,1-2H3,(H,18,19). The first-order valence-electron chi connectivity index (χ1n) is 6.99. The van der Waals surface area contributed by atoms with E-state index >= 15 is 0 Å². The summed E-state index contributed by atoms with van der Waals surface area (Å²) in [4.78, 5) is 17.4. The molecule has 0 aliphatic heterocycles. The number of nitrogen functional groups attached to an aromatic ring is 1. The second-order valence-electron chi connectivity index (χ2n) is 4.33. The minimum atomic E-state index is -1.05. The molecular formula is C14H23N3O4. The summed E-state index contributed by atoms with van der Waals surface area (Å²) in [7, 11) is 0. The van der Waals surface area contributed by atoms with Gasteiger partial charge in [-0.05, 0) is 19.9 Å². The van der Waals surface area contributed by atoms with Crippen LogP contribution in [0.2, 0.25) is 0 Å². The average Bonchev–Trinajstić information content (AvgIpc) is 2.46. The molecule has 118 valence electrons. The van der Waals surface area contributed by atoms with E-state index in [1.807, 2.05) is 18.7 Å². The van der Waals surface area contributed by atoms with Crippen molar-refractivity contribution in [2.45, 2.75) is 13.8 Å². The Morgan fingerprint density at radius 2 is 1.86 bits per heavy atom. The van der Waals surface area contributed by atoms with Crippen LogP contribution in [0.4, 0.5) is 11.5 Å². The number of carboxylic acid groups (broad SMARTS) is 1. The molecule has 0 saturated carbocycles. The molecule has 1 aromatic rings. The SMILES string of the molecule is CCOCCN(CCOCC)c1ncc(N)cc1C(=O)O. The maximum Gasteiger partial charge on any atom is 0.339 e. The van der Waals surface area contributed by atoms with Crippen LogP contribution in [0.25, 0.3) is 0 Å². The van der Waals surface area contributed by atoms with Crippen molar-refractivity contribution in [1.82, 2.24) is 4.98 Å². The third-order valence-electron chi connectivity index (χ3n) is 2.84. The Morgan fingerprint density at radius 1 is 1.29 bits per heavy atom. The Hall–Kier alpha value is -1.86. The van der Waals surface area contributed by atoms with Crippen molar-refractivity contribution >= 4 is 17.5 Å². The molecular weight excluding hydrogens is 274 g/mol. The summed E-state index contributed by atoms with van der Waals surface area (Å²) in [5.41, 5.74) is 6.03. The molecule has 0 spiro atoms. The van der Waals surface area contributed by atoms with Crippen LogP contribution in [0, 0.1) is 0 Å². The predicted octanol–water partition coefficient (Wildman–Crippen LogP) is 1.24. The number of aromatic carboxylic acids is 1. The van der Waals surface area contributed by atoms with Gasteiger partial charge in [0.2, 0.25) is 0 Å². The van der Waals surface area contributed by atoms with Gasteiger partial charge in [-0.2, -0.15) is 0 Å². The number of rotatable bonds is 10. The molecule has 0 aliphatic rings. The Balaban J connectivity index is 2.91. The van der Waals surface area contributed by atoms with Crippen LogP contribution in [0.3, 0.4) is 0 Å². The number of ether oxygens (including phenoxy) is 2. The lowest BCUT2D eigenvalue weighted by molar-refractivity contribution is 0.0696. The summed E-state index contributed by atoms with van der Waals surface area (Å²) in [6, 6.07) is 1.42. The molecule has 0 aliphatic carbocycles. The molecule has 0 bridgehead atoms. The monoisotopic (exact) mass is 297 g/mol. The minimum absolute atomic E-state index is 0.0861. The van der Waals surface area contributed by atoms with Crippen LogP contribution in [0.5, 0.6) is 0 Å². The van der Waals surface area contributed by atoms with Gasteiger partial charge in [0.1, 0.15) is 11.4 Å². The molecule has 1 rings (SSSR count). The summed E-state index contributed by atoms with van der Waals surface area (Å²) in [5, 5.41) is 9.30.